The molecule has 0 spiro atoms. The Morgan fingerprint density at radius 2 is 2.23 bits per heavy atom. The van der Waals surface area contributed by atoms with Gasteiger partial charge in [0.05, 0.1) is 23.1 Å². The molecule has 1 atom stereocenters. The standard InChI is InChI=1S/C16H21ClN4O/c1-4-18-11(2)9-19-16(22)15-10-20-21(12(15)3)14-7-5-6-13(17)8-14/h5-8,10-11,18H,4,9H2,1-3H3,(H,19,22)/t11-/m1/s1. The molecule has 0 fully saturated rings. The smallest absolute Gasteiger partial charge is 0.254 e. The number of hydrogen-bond acceptors (Lipinski definition) is 3. The summed E-state index contributed by atoms with van der Waals surface area (Å²) in [5.74, 6) is -0.115. The number of rotatable bonds is 6. The molecule has 0 unspecified atom stereocenters. The Bertz CT molecular complexity index is 653. The van der Waals surface area contributed by atoms with Gasteiger partial charge in [-0.1, -0.05) is 24.6 Å². The topological polar surface area (TPSA) is 58.9 Å². The van der Waals surface area contributed by atoms with Crippen molar-refractivity contribution < 1.29 is 4.79 Å². The normalized spacial score (nSPS) is 12.2. The monoisotopic (exact) mass is 320 g/mol. The third-order valence-electron chi connectivity index (χ3n) is 3.43. The van der Waals surface area contributed by atoms with Gasteiger partial charge in [-0.05, 0) is 38.6 Å². The minimum Gasteiger partial charge on any atom is -0.350 e. The van der Waals surface area contributed by atoms with Crippen LogP contribution in [0, 0.1) is 6.92 Å². The van der Waals surface area contributed by atoms with Crippen LogP contribution in [0.1, 0.15) is 29.9 Å². The van der Waals surface area contributed by atoms with Gasteiger partial charge in [0.2, 0.25) is 0 Å². The lowest BCUT2D eigenvalue weighted by molar-refractivity contribution is 0.0949. The minimum atomic E-state index is -0.115. The summed E-state index contributed by atoms with van der Waals surface area (Å²) in [5, 5.41) is 11.1. The summed E-state index contributed by atoms with van der Waals surface area (Å²) in [6.07, 6.45) is 1.59. The Morgan fingerprint density at radius 1 is 1.45 bits per heavy atom. The van der Waals surface area contributed by atoms with Crippen molar-refractivity contribution in [3.05, 3.63) is 46.7 Å². The van der Waals surface area contributed by atoms with Crippen molar-refractivity contribution in [1.82, 2.24) is 20.4 Å². The van der Waals surface area contributed by atoms with Crippen LogP contribution in [-0.2, 0) is 0 Å². The van der Waals surface area contributed by atoms with Crippen molar-refractivity contribution >= 4 is 17.5 Å². The molecule has 0 radical (unpaired) electrons. The number of nitrogens with zero attached hydrogens (tertiary/aromatic N) is 2. The van der Waals surface area contributed by atoms with Crippen LogP contribution in [-0.4, -0.2) is 34.8 Å². The van der Waals surface area contributed by atoms with E-state index in [4.69, 9.17) is 11.6 Å². The molecule has 0 aliphatic rings. The number of amides is 1. The Morgan fingerprint density at radius 3 is 2.91 bits per heavy atom. The highest BCUT2D eigenvalue weighted by atomic mass is 35.5. The Hall–Kier alpha value is -1.85. The highest BCUT2D eigenvalue weighted by Gasteiger charge is 2.15. The molecule has 2 N–H and O–H groups in total. The number of carbonyl (C=O) groups is 1. The van der Waals surface area contributed by atoms with Gasteiger partial charge in [-0.15, -0.1) is 0 Å². The largest absolute Gasteiger partial charge is 0.350 e. The molecular weight excluding hydrogens is 300 g/mol. The molecule has 1 heterocycles. The van der Waals surface area contributed by atoms with Gasteiger partial charge in [-0.25, -0.2) is 4.68 Å². The van der Waals surface area contributed by atoms with Crippen molar-refractivity contribution in [3.63, 3.8) is 0 Å². The predicted octanol–water partition coefficient (Wildman–Crippen LogP) is 2.56. The molecule has 0 aliphatic heterocycles. The highest BCUT2D eigenvalue weighted by molar-refractivity contribution is 6.30. The van der Waals surface area contributed by atoms with E-state index in [1.54, 1.807) is 16.9 Å². The molecule has 0 saturated heterocycles. The van der Waals surface area contributed by atoms with Gasteiger partial charge in [0.25, 0.3) is 5.91 Å². The maximum Gasteiger partial charge on any atom is 0.254 e. The zero-order valence-electron chi connectivity index (χ0n) is 13.1. The summed E-state index contributed by atoms with van der Waals surface area (Å²) >= 11 is 6.00. The molecule has 5 nitrogen and oxygen atoms in total. The van der Waals surface area contributed by atoms with Crippen LogP contribution < -0.4 is 10.6 Å². The fourth-order valence-electron chi connectivity index (χ4n) is 2.26. The van der Waals surface area contributed by atoms with Gasteiger partial charge < -0.3 is 10.6 Å². The van der Waals surface area contributed by atoms with Gasteiger partial charge in [0.15, 0.2) is 0 Å². The van der Waals surface area contributed by atoms with Crippen molar-refractivity contribution in [2.24, 2.45) is 0 Å². The fourth-order valence-corrected chi connectivity index (χ4v) is 2.45. The number of halogens is 1. The lowest BCUT2D eigenvalue weighted by atomic mass is 10.2. The van der Waals surface area contributed by atoms with Crippen LogP contribution in [0.4, 0.5) is 0 Å². The summed E-state index contributed by atoms with van der Waals surface area (Å²) in [6, 6.07) is 7.62. The molecule has 0 bridgehead atoms. The first-order valence-electron chi connectivity index (χ1n) is 7.35. The van der Waals surface area contributed by atoms with Gasteiger partial charge in [0.1, 0.15) is 0 Å². The second-order valence-electron chi connectivity index (χ2n) is 5.20. The van der Waals surface area contributed by atoms with E-state index < -0.39 is 0 Å². The van der Waals surface area contributed by atoms with E-state index in [1.807, 2.05) is 39.0 Å². The second kappa shape index (κ2) is 7.42. The van der Waals surface area contributed by atoms with Gasteiger partial charge in [-0.2, -0.15) is 5.10 Å². The molecule has 118 valence electrons. The summed E-state index contributed by atoms with van der Waals surface area (Å²) in [6.45, 7) is 7.40. The van der Waals surface area contributed by atoms with Crippen molar-refractivity contribution in [3.8, 4) is 5.69 Å². The van der Waals surface area contributed by atoms with Crippen molar-refractivity contribution in [2.45, 2.75) is 26.8 Å². The molecule has 22 heavy (non-hydrogen) atoms. The third kappa shape index (κ3) is 3.87. The molecule has 2 rings (SSSR count). The van der Waals surface area contributed by atoms with E-state index in [-0.39, 0.29) is 11.9 Å². The Kier molecular flexibility index (Phi) is 5.57. The molecule has 6 heteroatoms. The first-order valence-corrected chi connectivity index (χ1v) is 7.73. The summed E-state index contributed by atoms with van der Waals surface area (Å²) in [4.78, 5) is 12.3. The van der Waals surface area contributed by atoms with E-state index >= 15 is 0 Å². The maximum absolute atomic E-state index is 12.3. The number of likely N-dealkylation sites (N-methyl/N-ethyl adjacent to an activating group) is 1. The number of nitrogens with one attached hydrogen (secondary N) is 2. The number of aromatic nitrogens is 2. The van der Waals surface area contributed by atoms with Crippen LogP contribution in [0.3, 0.4) is 0 Å². The van der Waals surface area contributed by atoms with E-state index in [0.29, 0.717) is 17.1 Å². The molecule has 0 saturated carbocycles. The second-order valence-corrected chi connectivity index (χ2v) is 5.64. The van der Waals surface area contributed by atoms with E-state index in [2.05, 4.69) is 15.7 Å². The molecule has 1 amide bonds. The molecule has 1 aromatic heterocycles. The van der Waals surface area contributed by atoms with Crippen molar-refractivity contribution in [1.29, 1.82) is 0 Å². The van der Waals surface area contributed by atoms with E-state index in [1.165, 1.54) is 0 Å². The van der Waals surface area contributed by atoms with E-state index in [0.717, 1.165) is 17.9 Å². The zero-order valence-corrected chi connectivity index (χ0v) is 13.8. The zero-order chi connectivity index (χ0) is 16.1. The highest BCUT2D eigenvalue weighted by Crippen LogP contribution is 2.17. The van der Waals surface area contributed by atoms with Crippen LogP contribution >= 0.6 is 11.6 Å². The van der Waals surface area contributed by atoms with Crippen LogP contribution in [0.5, 0.6) is 0 Å². The number of benzene rings is 1. The van der Waals surface area contributed by atoms with Crippen LogP contribution in [0.2, 0.25) is 5.02 Å². The average Bonchev–Trinajstić information content (AvgIpc) is 2.87. The average molecular weight is 321 g/mol. The summed E-state index contributed by atoms with van der Waals surface area (Å²) in [5.41, 5.74) is 2.20. The Labute approximate surface area is 135 Å². The lowest BCUT2D eigenvalue weighted by Gasteiger charge is -2.13. The van der Waals surface area contributed by atoms with Gasteiger partial charge >= 0.3 is 0 Å². The van der Waals surface area contributed by atoms with Crippen molar-refractivity contribution in [2.75, 3.05) is 13.1 Å². The Balaban J connectivity index is 2.12. The molecule has 2 aromatic rings. The van der Waals surface area contributed by atoms with Gasteiger partial charge in [-0.3, -0.25) is 4.79 Å². The summed E-state index contributed by atoms with van der Waals surface area (Å²) in [7, 11) is 0. The SMILES string of the molecule is CCN[C@H](C)CNC(=O)c1cnn(-c2cccc(Cl)c2)c1C. The van der Waals surface area contributed by atoms with Gasteiger partial charge in [0, 0.05) is 17.6 Å². The predicted molar refractivity (Wildman–Crippen MR) is 88.8 cm³/mol. The number of carbonyl (C=O) groups excluding carboxylic acids is 1. The number of hydrogen-bond donors (Lipinski definition) is 2. The summed E-state index contributed by atoms with van der Waals surface area (Å²) < 4.78 is 1.72. The van der Waals surface area contributed by atoms with Crippen LogP contribution in [0.25, 0.3) is 5.69 Å². The molecular formula is C16H21ClN4O. The lowest BCUT2D eigenvalue weighted by Crippen LogP contribution is -2.38. The quantitative estimate of drug-likeness (QED) is 0.860. The fraction of sp³-hybridized carbons (Fsp3) is 0.375. The molecule has 1 aromatic carbocycles. The molecule has 0 aliphatic carbocycles. The minimum absolute atomic E-state index is 0.115. The maximum atomic E-state index is 12.3. The first-order chi connectivity index (χ1) is 10.5. The van der Waals surface area contributed by atoms with Crippen LogP contribution in [0.15, 0.2) is 30.5 Å². The third-order valence-corrected chi connectivity index (χ3v) is 3.66. The first kappa shape index (κ1) is 16.5. The van der Waals surface area contributed by atoms with E-state index in [9.17, 15) is 4.79 Å².